The second kappa shape index (κ2) is 7.78. The number of aliphatic hydroxyl groups is 1. The molecule has 0 bridgehead atoms. The number of rotatable bonds is 4. The Morgan fingerprint density at radius 3 is 2.23 bits per heavy atom. The van der Waals surface area contributed by atoms with Gasteiger partial charge in [0.05, 0.1) is 22.5 Å². The Kier molecular flexibility index (Phi) is 5.27. The Bertz CT molecular complexity index is 1110. The Morgan fingerprint density at radius 2 is 1.55 bits per heavy atom. The molecule has 1 aliphatic heterocycles. The molecule has 3 aromatic carbocycles. The van der Waals surface area contributed by atoms with E-state index < -0.39 is 17.3 Å². The summed E-state index contributed by atoms with van der Waals surface area (Å²) in [5.41, 5.74) is 3.71. The second-order valence-electron chi connectivity index (χ2n) is 8.11. The Morgan fingerprint density at radius 1 is 0.871 bits per heavy atom. The summed E-state index contributed by atoms with van der Waals surface area (Å²) in [4.78, 5) is 0. The van der Waals surface area contributed by atoms with Crippen LogP contribution in [0.2, 0.25) is 0 Å². The van der Waals surface area contributed by atoms with E-state index >= 15 is 0 Å². The van der Waals surface area contributed by atoms with Crippen molar-refractivity contribution in [1.29, 1.82) is 0 Å². The van der Waals surface area contributed by atoms with Gasteiger partial charge in [-0.3, -0.25) is 0 Å². The van der Waals surface area contributed by atoms with E-state index in [1.165, 1.54) is 12.1 Å². The summed E-state index contributed by atoms with van der Waals surface area (Å²) >= 11 is 0. The van der Waals surface area contributed by atoms with E-state index in [4.69, 9.17) is 0 Å². The van der Waals surface area contributed by atoms with Crippen molar-refractivity contribution in [2.75, 3.05) is 10.6 Å². The van der Waals surface area contributed by atoms with Gasteiger partial charge in [-0.15, -0.1) is 0 Å². The number of benzene rings is 3. The zero-order valence-electron chi connectivity index (χ0n) is 17.2. The lowest BCUT2D eigenvalue weighted by Crippen LogP contribution is -2.18. The summed E-state index contributed by atoms with van der Waals surface area (Å²) in [6.45, 7) is 3.53. The summed E-state index contributed by atoms with van der Waals surface area (Å²) in [5.74, 6) is 0. The molecule has 3 aromatic rings. The van der Waals surface area contributed by atoms with E-state index in [-0.39, 0.29) is 6.17 Å². The first-order valence-corrected chi connectivity index (χ1v) is 9.96. The topological polar surface area (TPSA) is 44.3 Å². The molecule has 0 aromatic heterocycles. The largest absolute Gasteiger partial charge is 0.416 e. The first-order valence-electron chi connectivity index (χ1n) is 9.96. The van der Waals surface area contributed by atoms with Crippen LogP contribution < -0.4 is 10.6 Å². The second-order valence-corrected chi connectivity index (χ2v) is 8.11. The fraction of sp³-hybridized carbons (Fsp3) is 0.200. The molecular formula is C25H23F3N2O. The van der Waals surface area contributed by atoms with Gasteiger partial charge in [0.2, 0.25) is 0 Å². The molecule has 0 spiro atoms. The minimum Gasteiger partial charge on any atom is -0.386 e. The van der Waals surface area contributed by atoms with Gasteiger partial charge in [-0.05, 0) is 66.4 Å². The Balaban J connectivity index is 1.51. The van der Waals surface area contributed by atoms with Gasteiger partial charge in [0, 0.05) is 0 Å². The van der Waals surface area contributed by atoms with E-state index in [1.54, 1.807) is 19.9 Å². The molecule has 0 saturated carbocycles. The number of halogens is 3. The highest BCUT2D eigenvalue weighted by Gasteiger charge is 2.29. The minimum atomic E-state index is -4.33. The highest BCUT2D eigenvalue weighted by Crippen LogP contribution is 2.37. The zero-order chi connectivity index (χ0) is 22.2. The first kappa shape index (κ1) is 21.0. The molecule has 0 saturated heterocycles. The van der Waals surface area contributed by atoms with Crippen molar-refractivity contribution >= 4 is 17.5 Å². The molecule has 6 heteroatoms. The van der Waals surface area contributed by atoms with Crippen LogP contribution >= 0.6 is 0 Å². The lowest BCUT2D eigenvalue weighted by atomic mass is 9.89. The van der Waals surface area contributed by atoms with E-state index in [0.717, 1.165) is 40.2 Å². The van der Waals surface area contributed by atoms with Crippen molar-refractivity contribution in [3.63, 3.8) is 0 Å². The number of hydrogen-bond donors (Lipinski definition) is 3. The van der Waals surface area contributed by atoms with E-state index in [0.29, 0.717) is 5.56 Å². The summed E-state index contributed by atoms with van der Waals surface area (Å²) in [5, 5.41) is 17.2. The molecular weight excluding hydrogens is 401 g/mol. The van der Waals surface area contributed by atoms with E-state index in [2.05, 4.69) is 10.6 Å². The lowest BCUT2D eigenvalue weighted by Gasteiger charge is -2.22. The summed E-state index contributed by atoms with van der Waals surface area (Å²) in [6.07, 6.45) is -0.870. The number of anilines is 2. The van der Waals surface area contributed by atoms with Gasteiger partial charge in [0.15, 0.2) is 0 Å². The van der Waals surface area contributed by atoms with Crippen molar-refractivity contribution in [3.8, 4) is 11.1 Å². The lowest BCUT2D eigenvalue weighted by molar-refractivity contribution is -0.137. The maximum Gasteiger partial charge on any atom is 0.416 e. The molecule has 3 N–H and O–H groups in total. The van der Waals surface area contributed by atoms with Crippen LogP contribution in [-0.4, -0.2) is 11.3 Å². The van der Waals surface area contributed by atoms with Crippen molar-refractivity contribution in [3.05, 3.63) is 89.5 Å². The van der Waals surface area contributed by atoms with Crippen molar-refractivity contribution in [2.45, 2.75) is 31.8 Å². The molecule has 0 fully saturated rings. The maximum atomic E-state index is 12.7. The van der Waals surface area contributed by atoms with Gasteiger partial charge < -0.3 is 15.7 Å². The van der Waals surface area contributed by atoms with Crippen LogP contribution in [0, 0.1) is 0 Å². The first-order chi connectivity index (χ1) is 14.6. The predicted molar refractivity (Wildman–Crippen MR) is 119 cm³/mol. The van der Waals surface area contributed by atoms with Gasteiger partial charge in [-0.1, -0.05) is 48.5 Å². The minimum absolute atomic E-state index is 0.183. The molecule has 1 unspecified atom stereocenters. The molecule has 4 rings (SSSR count). The number of fused-ring (bicyclic) bond motifs is 1. The molecule has 1 aliphatic rings. The quantitative estimate of drug-likeness (QED) is 0.449. The fourth-order valence-corrected chi connectivity index (χ4v) is 3.68. The van der Waals surface area contributed by atoms with Crippen LogP contribution in [0.4, 0.5) is 24.5 Å². The Hall–Kier alpha value is -3.25. The predicted octanol–water partition coefficient (Wildman–Crippen LogP) is 6.48. The number of alkyl halides is 3. The van der Waals surface area contributed by atoms with Gasteiger partial charge in [0.1, 0.15) is 6.17 Å². The standard InChI is InChI=1S/C25H23F3N2O/c1-24(2,31)20-6-4-3-5-19(20)17-10-13-21-22(15-17)30-23(29-21)14-9-16-7-11-18(12-8-16)25(26,27)28/h3-15,23,29-31H,1-2H3/b14-9+. The smallest absolute Gasteiger partial charge is 0.386 e. The van der Waals surface area contributed by atoms with Gasteiger partial charge in [-0.25, -0.2) is 0 Å². The third-order valence-corrected chi connectivity index (χ3v) is 5.26. The van der Waals surface area contributed by atoms with Crippen molar-refractivity contribution in [2.24, 2.45) is 0 Å². The van der Waals surface area contributed by atoms with Crippen LogP contribution in [0.3, 0.4) is 0 Å². The monoisotopic (exact) mass is 424 g/mol. The summed E-state index contributed by atoms with van der Waals surface area (Å²) in [6, 6.07) is 18.8. The molecule has 0 amide bonds. The maximum absolute atomic E-state index is 12.7. The van der Waals surface area contributed by atoms with E-state index in [9.17, 15) is 18.3 Å². The molecule has 1 heterocycles. The summed E-state index contributed by atoms with van der Waals surface area (Å²) < 4.78 is 38.1. The van der Waals surface area contributed by atoms with Gasteiger partial charge >= 0.3 is 6.18 Å². The SMILES string of the molecule is CC(C)(O)c1ccccc1-c1ccc2c(c1)NC(/C=C/c1ccc(C(F)(F)F)cc1)N2. The Labute approximate surface area is 179 Å². The number of hydrogen-bond acceptors (Lipinski definition) is 3. The zero-order valence-corrected chi connectivity index (χ0v) is 17.2. The van der Waals surface area contributed by atoms with Crippen LogP contribution in [0.1, 0.15) is 30.5 Å². The normalized spacial score (nSPS) is 16.1. The van der Waals surface area contributed by atoms with Crippen molar-refractivity contribution < 1.29 is 18.3 Å². The molecule has 31 heavy (non-hydrogen) atoms. The molecule has 3 nitrogen and oxygen atoms in total. The van der Waals surface area contributed by atoms with Gasteiger partial charge in [0.25, 0.3) is 0 Å². The third kappa shape index (κ3) is 4.59. The van der Waals surface area contributed by atoms with Crippen LogP contribution in [0.15, 0.2) is 72.8 Å². The van der Waals surface area contributed by atoms with Crippen LogP contribution in [-0.2, 0) is 11.8 Å². The average molecular weight is 424 g/mol. The van der Waals surface area contributed by atoms with Gasteiger partial charge in [-0.2, -0.15) is 13.2 Å². The van der Waals surface area contributed by atoms with E-state index in [1.807, 2.05) is 48.5 Å². The highest BCUT2D eigenvalue weighted by atomic mass is 19.4. The fourth-order valence-electron chi connectivity index (χ4n) is 3.68. The average Bonchev–Trinajstić information content (AvgIpc) is 3.13. The number of nitrogens with one attached hydrogen (secondary N) is 2. The molecule has 0 aliphatic carbocycles. The molecule has 160 valence electrons. The van der Waals surface area contributed by atoms with Crippen molar-refractivity contribution in [1.82, 2.24) is 0 Å². The molecule has 0 radical (unpaired) electrons. The summed E-state index contributed by atoms with van der Waals surface area (Å²) in [7, 11) is 0. The molecule has 1 atom stereocenters. The van der Waals surface area contributed by atoms with Crippen LogP contribution in [0.5, 0.6) is 0 Å². The van der Waals surface area contributed by atoms with Crippen LogP contribution in [0.25, 0.3) is 17.2 Å². The highest BCUT2D eigenvalue weighted by molar-refractivity contribution is 5.82. The third-order valence-electron chi connectivity index (χ3n) is 5.26.